The van der Waals surface area contributed by atoms with Gasteiger partial charge in [0.1, 0.15) is 5.75 Å². The molecule has 0 saturated heterocycles. The van der Waals surface area contributed by atoms with Crippen LogP contribution in [0.3, 0.4) is 0 Å². The first-order valence-corrected chi connectivity index (χ1v) is 6.79. The zero-order valence-corrected chi connectivity index (χ0v) is 12.7. The van der Waals surface area contributed by atoms with E-state index < -0.39 is 0 Å². The second-order valence-corrected chi connectivity index (χ2v) is 5.65. The molecule has 0 bridgehead atoms. The third kappa shape index (κ3) is 3.39. The molecular weight excluding hydrogens is 250 g/mol. The molecule has 0 N–H and O–H groups in total. The van der Waals surface area contributed by atoms with E-state index in [-0.39, 0.29) is 5.54 Å². The van der Waals surface area contributed by atoms with Crippen LogP contribution in [0.25, 0.3) is 0 Å². The smallest absolute Gasteiger partial charge is 0.118 e. The summed E-state index contributed by atoms with van der Waals surface area (Å²) in [6.07, 6.45) is 6.68. The maximum absolute atomic E-state index is 5.21. The van der Waals surface area contributed by atoms with Crippen molar-refractivity contribution in [2.75, 3.05) is 21.2 Å². The summed E-state index contributed by atoms with van der Waals surface area (Å²) in [4.78, 5) is 6.40. The van der Waals surface area contributed by atoms with E-state index in [2.05, 4.69) is 47.6 Å². The minimum absolute atomic E-state index is 0.0370. The van der Waals surface area contributed by atoms with E-state index in [0.717, 1.165) is 18.7 Å². The van der Waals surface area contributed by atoms with Gasteiger partial charge in [-0.1, -0.05) is 12.1 Å². The predicted octanol–water partition coefficient (Wildman–Crippen LogP) is 2.45. The third-order valence-corrected chi connectivity index (χ3v) is 3.91. The van der Waals surface area contributed by atoms with Gasteiger partial charge in [0.15, 0.2) is 0 Å². The third-order valence-electron chi connectivity index (χ3n) is 3.91. The molecule has 4 nitrogen and oxygen atoms in total. The lowest BCUT2D eigenvalue weighted by Gasteiger charge is -2.37. The Kier molecular flexibility index (Phi) is 4.45. The van der Waals surface area contributed by atoms with Crippen molar-refractivity contribution >= 4 is 0 Å². The molecule has 4 heteroatoms. The van der Waals surface area contributed by atoms with Gasteiger partial charge in [-0.25, -0.2) is 4.98 Å². The van der Waals surface area contributed by atoms with Crippen molar-refractivity contribution in [3.63, 3.8) is 0 Å². The molecule has 0 saturated carbocycles. The number of imidazole rings is 1. The molecule has 2 rings (SSSR count). The number of hydrogen-bond donors (Lipinski definition) is 0. The molecule has 0 fully saturated rings. The Labute approximate surface area is 121 Å². The molecule has 1 aromatic carbocycles. The quantitative estimate of drug-likeness (QED) is 0.810. The Hall–Kier alpha value is -1.81. The van der Waals surface area contributed by atoms with E-state index in [1.54, 1.807) is 7.11 Å². The second kappa shape index (κ2) is 6.09. The lowest BCUT2D eigenvalue weighted by Crippen LogP contribution is -2.46. The molecule has 0 aliphatic carbocycles. The number of likely N-dealkylation sites (N-methyl/N-ethyl adjacent to an activating group) is 1. The highest BCUT2D eigenvalue weighted by Crippen LogP contribution is 2.22. The van der Waals surface area contributed by atoms with Crippen molar-refractivity contribution in [3.8, 4) is 5.75 Å². The van der Waals surface area contributed by atoms with Gasteiger partial charge < -0.3 is 14.2 Å². The monoisotopic (exact) mass is 273 g/mol. The summed E-state index contributed by atoms with van der Waals surface area (Å²) in [6, 6.07) is 8.30. The van der Waals surface area contributed by atoms with E-state index in [1.165, 1.54) is 5.56 Å². The average Bonchev–Trinajstić information content (AvgIpc) is 2.92. The molecule has 1 heterocycles. The summed E-state index contributed by atoms with van der Waals surface area (Å²) in [7, 11) is 5.94. The van der Waals surface area contributed by atoms with Crippen LogP contribution in [0.1, 0.15) is 12.5 Å². The van der Waals surface area contributed by atoms with Gasteiger partial charge in [0, 0.05) is 24.5 Å². The first-order valence-electron chi connectivity index (χ1n) is 6.79. The highest BCUT2D eigenvalue weighted by Gasteiger charge is 2.27. The molecule has 1 unspecified atom stereocenters. The first-order chi connectivity index (χ1) is 9.53. The summed E-state index contributed by atoms with van der Waals surface area (Å²) in [5, 5.41) is 0. The summed E-state index contributed by atoms with van der Waals surface area (Å²) in [5.41, 5.74) is 1.34. The van der Waals surface area contributed by atoms with Gasteiger partial charge in [0.25, 0.3) is 0 Å². The van der Waals surface area contributed by atoms with Crippen LogP contribution in [0.4, 0.5) is 0 Å². The van der Waals surface area contributed by atoms with Crippen LogP contribution in [0, 0.1) is 0 Å². The fourth-order valence-electron chi connectivity index (χ4n) is 2.31. The van der Waals surface area contributed by atoms with Crippen molar-refractivity contribution in [2.45, 2.75) is 25.4 Å². The lowest BCUT2D eigenvalue weighted by atomic mass is 9.91. The van der Waals surface area contributed by atoms with Crippen LogP contribution in [-0.2, 0) is 13.0 Å². The molecule has 1 aromatic heterocycles. The van der Waals surface area contributed by atoms with Crippen LogP contribution < -0.4 is 4.74 Å². The molecule has 0 radical (unpaired) electrons. The van der Waals surface area contributed by atoms with Gasteiger partial charge in [0.05, 0.1) is 13.4 Å². The Morgan fingerprint density at radius 2 is 1.95 bits per heavy atom. The van der Waals surface area contributed by atoms with Crippen molar-refractivity contribution in [3.05, 3.63) is 48.5 Å². The molecular formula is C16H23N3O. The summed E-state index contributed by atoms with van der Waals surface area (Å²) < 4.78 is 7.34. The van der Waals surface area contributed by atoms with E-state index in [4.69, 9.17) is 4.74 Å². The van der Waals surface area contributed by atoms with E-state index in [1.807, 2.05) is 30.9 Å². The maximum Gasteiger partial charge on any atom is 0.118 e. The van der Waals surface area contributed by atoms with Crippen molar-refractivity contribution in [1.82, 2.24) is 14.5 Å². The van der Waals surface area contributed by atoms with Crippen LogP contribution >= 0.6 is 0 Å². The maximum atomic E-state index is 5.21. The Morgan fingerprint density at radius 3 is 2.45 bits per heavy atom. The SMILES string of the molecule is COc1ccc(CC(C)(Cn2ccnc2)N(C)C)cc1. The van der Waals surface area contributed by atoms with Gasteiger partial charge in [0.2, 0.25) is 0 Å². The fraction of sp³-hybridized carbons (Fsp3) is 0.438. The van der Waals surface area contributed by atoms with E-state index in [0.29, 0.717) is 0 Å². The Balaban J connectivity index is 2.15. The van der Waals surface area contributed by atoms with Gasteiger partial charge in [-0.05, 0) is 45.1 Å². The van der Waals surface area contributed by atoms with Crippen LogP contribution in [0.2, 0.25) is 0 Å². The van der Waals surface area contributed by atoms with Gasteiger partial charge in [-0.15, -0.1) is 0 Å². The van der Waals surface area contributed by atoms with Gasteiger partial charge in [-0.2, -0.15) is 0 Å². The zero-order valence-electron chi connectivity index (χ0n) is 12.7. The number of benzene rings is 1. The molecule has 0 amide bonds. The van der Waals surface area contributed by atoms with Crippen molar-refractivity contribution in [2.24, 2.45) is 0 Å². The number of hydrogen-bond acceptors (Lipinski definition) is 3. The summed E-state index contributed by atoms with van der Waals surface area (Å²) in [5.74, 6) is 0.898. The van der Waals surface area contributed by atoms with Crippen LogP contribution in [0.5, 0.6) is 5.75 Å². The first kappa shape index (κ1) is 14.6. The van der Waals surface area contributed by atoms with Gasteiger partial charge in [-0.3, -0.25) is 0 Å². The summed E-state index contributed by atoms with van der Waals surface area (Å²) in [6.45, 7) is 3.18. The molecule has 20 heavy (non-hydrogen) atoms. The number of nitrogens with zero attached hydrogens (tertiary/aromatic N) is 3. The Morgan fingerprint density at radius 1 is 1.25 bits per heavy atom. The molecule has 0 aliphatic rings. The van der Waals surface area contributed by atoms with Crippen LogP contribution in [-0.4, -0.2) is 41.2 Å². The fourth-order valence-corrected chi connectivity index (χ4v) is 2.31. The normalized spacial score (nSPS) is 14.2. The summed E-state index contributed by atoms with van der Waals surface area (Å²) >= 11 is 0. The van der Waals surface area contributed by atoms with Crippen LogP contribution in [0.15, 0.2) is 43.0 Å². The van der Waals surface area contributed by atoms with Gasteiger partial charge >= 0.3 is 0 Å². The minimum Gasteiger partial charge on any atom is -0.497 e. The number of ether oxygens (including phenoxy) is 1. The molecule has 0 spiro atoms. The lowest BCUT2D eigenvalue weighted by molar-refractivity contribution is 0.147. The second-order valence-electron chi connectivity index (χ2n) is 5.65. The average molecular weight is 273 g/mol. The predicted molar refractivity (Wildman–Crippen MR) is 81.0 cm³/mol. The van der Waals surface area contributed by atoms with E-state index >= 15 is 0 Å². The number of aromatic nitrogens is 2. The van der Waals surface area contributed by atoms with Crippen molar-refractivity contribution in [1.29, 1.82) is 0 Å². The van der Waals surface area contributed by atoms with Crippen molar-refractivity contribution < 1.29 is 4.74 Å². The minimum atomic E-state index is 0.0370. The number of rotatable bonds is 6. The molecule has 108 valence electrons. The largest absolute Gasteiger partial charge is 0.497 e. The zero-order chi connectivity index (χ0) is 14.6. The number of methoxy groups -OCH3 is 1. The highest BCUT2D eigenvalue weighted by atomic mass is 16.5. The Bertz CT molecular complexity index is 519. The molecule has 2 aromatic rings. The standard InChI is InChI=1S/C16H23N3O/c1-16(18(2)3,12-19-10-9-17-13-19)11-14-5-7-15(20-4)8-6-14/h5-10,13H,11-12H2,1-4H3. The topological polar surface area (TPSA) is 30.3 Å². The highest BCUT2D eigenvalue weighted by molar-refractivity contribution is 5.28. The van der Waals surface area contributed by atoms with E-state index in [9.17, 15) is 0 Å². The molecule has 0 aliphatic heterocycles. The molecule has 1 atom stereocenters.